The SMILES string of the molecule is O=C(C[C@H](O)CNC(=O)OCc1ccccc1)N[C@@H](Cc1ccc(F)c([N+](=O)[O-])c1)C(=O)O. The van der Waals surface area contributed by atoms with Crippen LogP contribution in [0.2, 0.25) is 0 Å². The maximum atomic E-state index is 13.4. The Kier molecular flexibility index (Phi) is 9.24. The van der Waals surface area contributed by atoms with Crippen molar-refractivity contribution in [3.05, 3.63) is 75.6 Å². The number of carboxylic acid groups (broad SMARTS) is 1. The molecule has 0 heterocycles. The van der Waals surface area contributed by atoms with Crippen LogP contribution in [0, 0.1) is 15.9 Å². The van der Waals surface area contributed by atoms with Gasteiger partial charge in [0.05, 0.1) is 17.4 Å². The van der Waals surface area contributed by atoms with Crippen molar-refractivity contribution < 1.29 is 38.6 Å². The van der Waals surface area contributed by atoms with Crippen molar-refractivity contribution in [1.82, 2.24) is 10.6 Å². The molecular formula is C21H22FN3O8. The zero-order chi connectivity index (χ0) is 24.4. The number of alkyl carbamates (subject to hydrolysis) is 1. The van der Waals surface area contributed by atoms with E-state index >= 15 is 0 Å². The molecule has 0 radical (unpaired) electrons. The number of hydrogen-bond donors (Lipinski definition) is 4. The summed E-state index contributed by atoms with van der Waals surface area (Å²) in [6, 6.07) is 10.3. The third-order valence-corrected chi connectivity index (χ3v) is 4.40. The summed E-state index contributed by atoms with van der Waals surface area (Å²) in [4.78, 5) is 45.1. The predicted molar refractivity (Wildman–Crippen MR) is 112 cm³/mol. The van der Waals surface area contributed by atoms with Crippen LogP contribution in [-0.2, 0) is 27.4 Å². The van der Waals surface area contributed by atoms with Crippen molar-refractivity contribution >= 4 is 23.7 Å². The van der Waals surface area contributed by atoms with Gasteiger partial charge in [-0.3, -0.25) is 14.9 Å². The molecule has 0 fully saturated rings. The minimum absolute atomic E-state index is 0.0189. The molecule has 0 aromatic heterocycles. The maximum Gasteiger partial charge on any atom is 0.407 e. The van der Waals surface area contributed by atoms with Crippen LogP contribution in [0.5, 0.6) is 0 Å². The molecule has 0 spiro atoms. The van der Waals surface area contributed by atoms with Gasteiger partial charge in [-0.05, 0) is 17.2 Å². The average molecular weight is 463 g/mol. The average Bonchev–Trinajstić information content (AvgIpc) is 2.77. The smallest absolute Gasteiger partial charge is 0.407 e. The lowest BCUT2D eigenvalue weighted by molar-refractivity contribution is -0.387. The molecule has 2 atom stereocenters. The first-order valence-corrected chi connectivity index (χ1v) is 9.73. The second kappa shape index (κ2) is 12.1. The number of hydrogen-bond acceptors (Lipinski definition) is 7. The Labute approximate surface area is 187 Å². The fourth-order valence-corrected chi connectivity index (χ4v) is 2.78. The van der Waals surface area contributed by atoms with Crippen molar-refractivity contribution in [2.75, 3.05) is 6.54 Å². The van der Waals surface area contributed by atoms with Crippen LogP contribution in [0.1, 0.15) is 17.5 Å². The van der Waals surface area contributed by atoms with E-state index in [0.29, 0.717) is 0 Å². The van der Waals surface area contributed by atoms with Crippen molar-refractivity contribution in [3.8, 4) is 0 Å². The molecule has 4 N–H and O–H groups in total. The van der Waals surface area contributed by atoms with Crippen LogP contribution >= 0.6 is 0 Å². The number of rotatable bonds is 11. The number of nitro groups is 1. The highest BCUT2D eigenvalue weighted by Crippen LogP contribution is 2.19. The number of nitro benzene ring substituents is 1. The van der Waals surface area contributed by atoms with E-state index in [1.165, 1.54) is 6.07 Å². The fourth-order valence-electron chi connectivity index (χ4n) is 2.78. The van der Waals surface area contributed by atoms with Crippen molar-refractivity contribution in [1.29, 1.82) is 0 Å². The number of benzene rings is 2. The first-order valence-electron chi connectivity index (χ1n) is 9.73. The molecule has 33 heavy (non-hydrogen) atoms. The molecule has 0 aliphatic rings. The van der Waals surface area contributed by atoms with Crippen molar-refractivity contribution in [2.45, 2.75) is 31.6 Å². The van der Waals surface area contributed by atoms with Gasteiger partial charge in [-0.25, -0.2) is 9.59 Å². The van der Waals surface area contributed by atoms with Gasteiger partial charge in [0.1, 0.15) is 12.6 Å². The molecule has 12 heteroatoms. The van der Waals surface area contributed by atoms with Gasteiger partial charge in [-0.1, -0.05) is 36.4 Å². The van der Waals surface area contributed by atoms with E-state index in [1.54, 1.807) is 24.3 Å². The predicted octanol–water partition coefficient (Wildman–Crippen LogP) is 1.52. The Bertz CT molecular complexity index is 1000. The molecule has 11 nitrogen and oxygen atoms in total. The molecule has 0 saturated carbocycles. The molecule has 0 bridgehead atoms. The van der Waals surface area contributed by atoms with Gasteiger partial charge in [0.25, 0.3) is 0 Å². The molecule has 2 aromatic rings. The summed E-state index contributed by atoms with van der Waals surface area (Å²) in [6.45, 7) is -0.298. The lowest BCUT2D eigenvalue weighted by Crippen LogP contribution is -2.44. The summed E-state index contributed by atoms with van der Waals surface area (Å²) in [5, 5.41) is 34.6. The third-order valence-electron chi connectivity index (χ3n) is 4.40. The largest absolute Gasteiger partial charge is 0.480 e. The van der Waals surface area contributed by atoms with E-state index in [9.17, 15) is 39.1 Å². The van der Waals surface area contributed by atoms with Gasteiger partial charge in [0.15, 0.2) is 0 Å². The molecule has 2 amide bonds. The lowest BCUT2D eigenvalue weighted by Gasteiger charge is -2.17. The zero-order valence-electron chi connectivity index (χ0n) is 17.3. The lowest BCUT2D eigenvalue weighted by atomic mass is 10.0. The van der Waals surface area contributed by atoms with Gasteiger partial charge in [0.2, 0.25) is 11.7 Å². The highest BCUT2D eigenvalue weighted by atomic mass is 19.1. The minimum atomic E-state index is -1.47. The molecule has 2 aromatic carbocycles. The number of nitrogens with one attached hydrogen (secondary N) is 2. The monoisotopic (exact) mass is 463 g/mol. The van der Waals surface area contributed by atoms with Crippen LogP contribution in [0.15, 0.2) is 48.5 Å². The second-order valence-electron chi connectivity index (χ2n) is 7.01. The number of aliphatic carboxylic acids is 1. The van der Waals surface area contributed by atoms with E-state index < -0.39 is 53.0 Å². The molecule has 0 saturated heterocycles. The number of aliphatic hydroxyl groups is 1. The fraction of sp³-hybridized carbons (Fsp3) is 0.286. The number of halogens is 1. The number of carbonyl (C=O) groups is 3. The molecule has 176 valence electrons. The van der Waals surface area contributed by atoms with Crippen LogP contribution in [0.25, 0.3) is 0 Å². The van der Waals surface area contributed by atoms with Crippen LogP contribution in [0.4, 0.5) is 14.9 Å². The number of amides is 2. The van der Waals surface area contributed by atoms with Crippen LogP contribution in [0.3, 0.4) is 0 Å². The van der Waals surface area contributed by atoms with E-state index in [0.717, 1.165) is 17.7 Å². The van der Waals surface area contributed by atoms with E-state index in [1.807, 2.05) is 6.07 Å². The third kappa shape index (κ3) is 8.53. The quantitative estimate of drug-likeness (QED) is 0.287. The molecule has 0 aliphatic heterocycles. The minimum Gasteiger partial charge on any atom is -0.480 e. The Morgan fingerprint density at radius 1 is 1.12 bits per heavy atom. The summed E-state index contributed by atoms with van der Waals surface area (Å²) in [6.07, 6.45) is -3.00. The summed E-state index contributed by atoms with van der Waals surface area (Å²) in [5.41, 5.74) is 0.0709. The maximum absolute atomic E-state index is 13.4. The first kappa shape index (κ1) is 25.2. The van der Waals surface area contributed by atoms with E-state index in [-0.39, 0.29) is 25.1 Å². The number of carboxylic acids is 1. The zero-order valence-corrected chi connectivity index (χ0v) is 17.3. The number of aliphatic hydroxyl groups excluding tert-OH is 1. The van der Waals surface area contributed by atoms with Crippen LogP contribution < -0.4 is 10.6 Å². The summed E-state index contributed by atoms with van der Waals surface area (Å²) < 4.78 is 18.4. The Morgan fingerprint density at radius 2 is 1.82 bits per heavy atom. The van der Waals surface area contributed by atoms with Gasteiger partial charge >= 0.3 is 17.7 Å². The molecule has 0 unspecified atom stereocenters. The first-order chi connectivity index (χ1) is 15.7. The normalized spacial score (nSPS) is 12.3. The van der Waals surface area contributed by atoms with Crippen LogP contribution in [-0.4, -0.2) is 51.8 Å². The highest BCUT2D eigenvalue weighted by molar-refractivity contribution is 5.84. The van der Waals surface area contributed by atoms with Crippen molar-refractivity contribution in [3.63, 3.8) is 0 Å². The second-order valence-corrected chi connectivity index (χ2v) is 7.01. The van der Waals surface area contributed by atoms with Gasteiger partial charge < -0.3 is 25.6 Å². The summed E-state index contributed by atoms with van der Waals surface area (Å²) in [5.74, 6) is -3.32. The number of ether oxygens (including phenoxy) is 1. The Balaban J connectivity index is 1.81. The number of nitrogens with zero attached hydrogens (tertiary/aromatic N) is 1. The Hall–Kier alpha value is -4.06. The standard InChI is InChI=1S/C21H22FN3O8/c22-16-7-6-14(9-18(16)25(31)32)8-17(20(28)29)24-19(27)10-15(26)11-23-21(30)33-12-13-4-2-1-3-5-13/h1-7,9,15,17,26H,8,10-12H2,(H,23,30)(H,24,27)(H,28,29)/t15-,17-/m0/s1. The topological polar surface area (TPSA) is 168 Å². The number of carbonyl (C=O) groups excluding carboxylic acids is 2. The van der Waals surface area contributed by atoms with Crippen molar-refractivity contribution in [2.24, 2.45) is 0 Å². The molecule has 0 aliphatic carbocycles. The summed E-state index contributed by atoms with van der Waals surface area (Å²) >= 11 is 0. The van der Waals surface area contributed by atoms with E-state index in [4.69, 9.17) is 4.74 Å². The van der Waals surface area contributed by atoms with Gasteiger partial charge in [-0.2, -0.15) is 4.39 Å². The summed E-state index contributed by atoms with van der Waals surface area (Å²) in [7, 11) is 0. The molecular weight excluding hydrogens is 441 g/mol. The van der Waals surface area contributed by atoms with E-state index in [2.05, 4.69) is 10.6 Å². The highest BCUT2D eigenvalue weighted by Gasteiger charge is 2.24. The Morgan fingerprint density at radius 3 is 2.45 bits per heavy atom. The van der Waals surface area contributed by atoms with Gasteiger partial charge in [-0.15, -0.1) is 0 Å². The van der Waals surface area contributed by atoms with Gasteiger partial charge in [0, 0.05) is 19.0 Å². The molecule has 2 rings (SSSR count).